The monoisotopic (exact) mass is 666 g/mol. The Hall–Kier alpha value is -4.35. The maximum atomic E-state index is 7.66. The van der Waals surface area contributed by atoms with Crippen LogP contribution in [0, 0.1) is 0 Å². The molecule has 2 aliphatic carbocycles. The lowest BCUT2D eigenvalue weighted by Crippen LogP contribution is -2.35. The van der Waals surface area contributed by atoms with Crippen LogP contribution in [-0.2, 0) is 11.0 Å². The fourth-order valence-corrected chi connectivity index (χ4v) is 10.1. The molecule has 0 radical (unpaired) electrons. The molecule has 0 aromatic heterocycles. The summed E-state index contributed by atoms with van der Waals surface area (Å²) in [7, 11) is 3.41. The van der Waals surface area contributed by atoms with Crippen molar-refractivity contribution in [3.8, 4) is 34.1 Å². The number of hydrogen-bond acceptors (Lipinski definition) is 5. The van der Waals surface area contributed by atoms with Gasteiger partial charge >= 0.3 is 0 Å². The first-order chi connectivity index (χ1) is 23.9. The summed E-state index contributed by atoms with van der Waals surface area (Å²) in [4.78, 5) is 0.822. The first kappa shape index (κ1) is 30.7. The number of fused-ring (bicyclic) bond motifs is 11. The molecular formula is C44H42O4S. The minimum Gasteiger partial charge on any atom is -0.497 e. The van der Waals surface area contributed by atoms with Crippen LogP contribution in [0.4, 0.5) is 0 Å². The number of hydrogen-bond donors (Lipinski definition) is 0. The summed E-state index contributed by atoms with van der Waals surface area (Å²) >= 11 is 1.78. The molecule has 5 aromatic rings. The second-order valence-corrected chi connectivity index (χ2v) is 16.1. The number of rotatable bonds is 4. The molecule has 0 bridgehead atoms. The van der Waals surface area contributed by atoms with Crippen LogP contribution in [-0.4, -0.2) is 19.2 Å². The average Bonchev–Trinajstić information content (AvgIpc) is 3.59. The summed E-state index contributed by atoms with van der Waals surface area (Å²) in [5.74, 6) is 3.54. The Morgan fingerprint density at radius 1 is 0.694 bits per heavy atom. The van der Waals surface area contributed by atoms with Gasteiger partial charge in [-0.3, -0.25) is 0 Å². The molecule has 4 aliphatic rings. The lowest BCUT2D eigenvalue weighted by atomic mass is 9.67. The van der Waals surface area contributed by atoms with Gasteiger partial charge in [-0.05, 0) is 96.8 Å². The van der Waals surface area contributed by atoms with E-state index in [-0.39, 0.29) is 10.3 Å². The molecule has 1 fully saturated rings. The summed E-state index contributed by atoms with van der Waals surface area (Å²) in [6.45, 7) is 4.30. The van der Waals surface area contributed by atoms with E-state index in [9.17, 15) is 0 Å². The van der Waals surface area contributed by atoms with Gasteiger partial charge in [-0.1, -0.05) is 98.5 Å². The zero-order valence-corrected chi connectivity index (χ0v) is 29.5. The van der Waals surface area contributed by atoms with Crippen LogP contribution >= 0.6 is 11.8 Å². The zero-order chi connectivity index (χ0) is 33.4. The fraction of sp³-hybridized carbons (Fsp3) is 0.318. The van der Waals surface area contributed by atoms with Crippen LogP contribution in [0.3, 0.4) is 0 Å². The number of thioether (sulfide) groups is 1. The van der Waals surface area contributed by atoms with Crippen LogP contribution < -0.4 is 18.9 Å². The zero-order valence-electron chi connectivity index (χ0n) is 28.7. The molecule has 2 heterocycles. The van der Waals surface area contributed by atoms with E-state index >= 15 is 0 Å². The molecule has 0 saturated heterocycles. The Labute approximate surface area is 293 Å². The van der Waals surface area contributed by atoms with Crippen molar-refractivity contribution in [3.05, 3.63) is 119 Å². The Bertz CT molecular complexity index is 2070. The van der Waals surface area contributed by atoms with Crippen LogP contribution in [0.1, 0.15) is 86.6 Å². The Balaban J connectivity index is 1.36. The maximum absolute atomic E-state index is 7.66. The van der Waals surface area contributed by atoms with Gasteiger partial charge in [0.05, 0.1) is 19.1 Å². The van der Waals surface area contributed by atoms with E-state index in [1.165, 1.54) is 65.3 Å². The first-order valence-corrected chi connectivity index (χ1v) is 18.5. The van der Waals surface area contributed by atoms with Crippen molar-refractivity contribution in [2.45, 2.75) is 79.6 Å². The van der Waals surface area contributed by atoms with Crippen molar-refractivity contribution in [1.82, 2.24) is 0 Å². The molecule has 0 atom stereocenters. The van der Waals surface area contributed by atoms with Crippen molar-refractivity contribution in [2.24, 2.45) is 0 Å². The highest BCUT2D eigenvalue weighted by Gasteiger charge is 2.48. The molecule has 5 aromatic carbocycles. The van der Waals surface area contributed by atoms with Crippen molar-refractivity contribution < 1.29 is 18.9 Å². The van der Waals surface area contributed by atoms with Crippen molar-refractivity contribution in [1.29, 1.82) is 0 Å². The largest absolute Gasteiger partial charge is 0.497 e. The third-order valence-electron chi connectivity index (χ3n) is 11.3. The van der Waals surface area contributed by atoms with Gasteiger partial charge in [0, 0.05) is 27.5 Å². The number of methoxy groups -OCH3 is 2. The predicted molar refractivity (Wildman–Crippen MR) is 199 cm³/mol. The van der Waals surface area contributed by atoms with Gasteiger partial charge in [-0.25, -0.2) is 0 Å². The third-order valence-corrected chi connectivity index (χ3v) is 12.4. The van der Waals surface area contributed by atoms with E-state index in [2.05, 4.69) is 86.7 Å². The van der Waals surface area contributed by atoms with E-state index in [1.54, 1.807) is 26.0 Å². The van der Waals surface area contributed by atoms with E-state index < -0.39 is 5.60 Å². The summed E-state index contributed by atoms with van der Waals surface area (Å²) in [6.07, 6.45) is 13.3. The van der Waals surface area contributed by atoms with Gasteiger partial charge in [-0.2, -0.15) is 0 Å². The highest BCUT2D eigenvalue weighted by atomic mass is 32.2. The van der Waals surface area contributed by atoms with Crippen LogP contribution in [0.15, 0.2) is 95.9 Å². The van der Waals surface area contributed by atoms with Gasteiger partial charge < -0.3 is 18.9 Å². The first-order valence-electron chi connectivity index (χ1n) is 17.7. The van der Waals surface area contributed by atoms with Crippen LogP contribution in [0.25, 0.3) is 28.0 Å². The summed E-state index contributed by atoms with van der Waals surface area (Å²) in [6, 6.07) is 30.5. The average molecular weight is 667 g/mol. The predicted octanol–water partition coefficient (Wildman–Crippen LogP) is 11.4. The molecule has 4 nitrogen and oxygen atoms in total. The maximum Gasteiger partial charge on any atom is 0.178 e. The molecular weight excluding hydrogens is 625 g/mol. The third kappa shape index (κ3) is 4.65. The second kappa shape index (κ2) is 11.3. The van der Waals surface area contributed by atoms with E-state index in [0.717, 1.165) is 57.2 Å². The van der Waals surface area contributed by atoms with Gasteiger partial charge in [0.1, 0.15) is 23.0 Å². The molecule has 1 spiro atoms. The van der Waals surface area contributed by atoms with Gasteiger partial charge in [0.25, 0.3) is 0 Å². The molecule has 1 saturated carbocycles. The Morgan fingerprint density at radius 2 is 1.33 bits per heavy atom. The lowest BCUT2D eigenvalue weighted by Gasteiger charge is -2.40. The van der Waals surface area contributed by atoms with Crippen molar-refractivity contribution in [3.63, 3.8) is 0 Å². The Morgan fingerprint density at radius 3 is 1.98 bits per heavy atom. The van der Waals surface area contributed by atoms with E-state index in [0.29, 0.717) is 0 Å². The molecule has 248 valence electrons. The van der Waals surface area contributed by atoms with Crippen LogP contribution in [0.5, 0.6) is 23.0 Å². The molecule has 49 heavy (non-hydrogen) atoms. The minimum absolute atomic E-state index is 0.0631. The van der Waals surface area contributed by atoms with Crippen molar-refractivity contribution >= 4 is 28.6 Å². The standard InChI is InChI=1S/C44H42O4S/c1-42(2)47-37-26-34-35(27-38(37)49-42)41-33(40-39(34)32-12-8-9-13-36(32)43(40)23-10-6-5-7-11-24-43)22-25-44(48-41,28-14-18-30(45-3)19-15-28)29-16-20-31(46-4)21-17-29/h8-9,12-22,25-27H,5-7,10-11,23-24H2,1-4H3. The summed E-state index contributed by atoms with van der Waals surface area (Å²) in [5, 5.41) is 2.35. The van der Waals surface area contributed by atoms with Crippen LogP contribution in [0.2, 0.25) is 0 Å². The fourth-order valence-electron chi connectivity index (χ4n) is 9.07. The molecule has 0 amide bonds. The van der Waals surface area contributed by atoms with E-state index in [4.69, 9.17) is 18.9 Å². The van der Waals surface area contributed by atoms with E-state index in [1.807, 2.05) is 24.3 Å². The summed E-state index contributed by atoms with van der Waals surface area (Å²) < 4.78 is 25.4. The summed E-state index contributed by atoms with van der Waals surface area (Å²) in [5.41, 5.74) is 8.02. The second-order valence-electron chi connectivity index (χ2n) is 14.5. The molecule has 9 rings (SSSR count). The lowest BCUT2D eigenvalue weighted by molar-refractivity contribution is 0.163. The highest BCUT2D eigenvalue weighted by molar-refractivity contribution is 8.00. The highest BCUT2D eigenvalue weighted by Crippen LogP contribution is 2.63. The van der Waals surface area contributed by atoms with Gasteiger partial charge in [0.15, 0.2) is 10.5 Å². The normalized spacial score (nSPS) is 19.1. The quantitative estimate of drug-likeness (QED) is 0.191. The SMILES string of the molecule is COc1ccc(C2(c3ccc(OC)cc3)C=Cc3c4c(c5cc6c(cc5c3O2)SC(C)(C)O6)-c2ccccc2C42CCCCCCC2)cc1. The minimum atomic E-state index is -0.867. The topological polar surface area (TPSA) is 36.9 Å². The smallest absolute Gasteiger partial charge is 0.178 e. The molecule has 5 heteroatoms. The molecule has 0 N–H and O–H groups in total. The molecule has 0 unspecified atom stereocenters. The van der Waals surface area contributed by atoms with Gasteiger partial charge in [-0.15, -0.1) is 0 Å². The number of ether oxygens (including phenoxy) is 4. The van der Waals surface area contributed by atoms with Crippen molar-refractivity contribution in [2.75, 3.05) is 14.2 Å². The Kier molecular flexibility index (Phi) is 7.11. The van der Waals surface area contributed by atoms with Gasteiger partial charge in [0.2, 0.25) is 0 Å². The molecule has 2 aliphatic heterocycles. The number of benzene rings is 5.